The third-order valence-corrected chi connectivity index (χ3v) is 3.83. The van der Waals surface area contributed by atoms with Crippen molar-refractivity contribution in [3.63, 3.8) is 0 Å². The van der Waals surface area contributed by atoms with E-state index in [4.69, 9.17) is 4.55 Å². The Morgan fingerprint density at radius 2 is 1.30 bits per heavy atom. The van der Waals surface area contributed by atoms with E-state index in [0.717, 1.165) is 25.7 Å². The molecule has 1 N–H and O–H groups in total. The van der Waals surface area contributed by atoms with Crippen LogP contribution in [0.25, 0.3) is 0 Å². The molecule has 0 atom stereocenters. The Kier molecular flexibility index (Phi) is 11.4. The summed E-state index contributed by atoms with van der Waals surface area (Å²) in [6.07, 6.45) is 9.05. The molecule has 0 aromatic carbocycles. The highest BCUT2D eigenvalue weighted by Crippen LogP contribution is 2.11. The van der Waals surface area contributed by atoms with E-state index in [0.29, 0.717) is 6.42 Å². The van der Waals surface area contributed by atoms with Crippen molar-refractivity contribution in [3.05, 3.63) is 0 Å². The van der Waals surface area contributed by atoms with Crippen molar-refractivity contribution in [2.45, 2.75) is 71.1 Å². The van der Waals surface area contributed by atoms with Gasteiger partial charge in [0.05, 0.1) is 0 Å². The van der Waals surface area contributed by atoms with Gasteiger partial charge in [0.2, 0.25) is 0 Å². The first-order chi connectivity index (χ1) is 10.7. The highest BCUT2D eigenvalue weighted by Gasteiger charge is 2.22. The van der Waals surface area contributed by atoms with E-state index < -0.39 is 26.8 Å². The minimum atomic E-state index is -5.12. The van der Waals surface area contributed by atoms with Crippen LogP contribution in [-0.4, -0.2) is 27.4 Å². The molecule has 0 aliphatic carbocycles. The Bertz CT molecular complexity index is 525. The first kappa shape index (κ1) is 22.2. The lowest BCUT2D eigenvalue weighted by Gasteiger charge is -2.04. The number of hydrogen-bond donors (Lipinski definition) is 1. The minimum absolute atomic E-state index is 0.149. The molecule has 23 heavy (non-hydrogen) atoms. The molecule has 0 aromatic heterocycles. The van der Waals surface area contributed by atoms with E-state index in [-0.39, 0.29) is 6.42 Å². The van der Waals surface area contributed by atoms with Crippen LogP contribution in [0.15, 0.2) is 0 Å². The Morgan fingerprint density at radius 3 is 1.78 bits per heavy atom. The van der Waals surface area contributed by atoms with E-state index in [1.54, 1.807) is 0 Å². The van der Waals surface area contributed by atoms with Crippen LogP contribution in [0.3, 0.4) is 0 Å². The predicted octanol–water partition coefficient (Wildman–Crippen LogP) is 2.45. The first-order valence-electron chi connectivity index (χ1n) is 7.48. The summed E-state index contributed by atoms with van der Waals surface area (Å²) in [6.45, 7) is 2.15. The van der Waals surface area contributed by atoms with Crippen molar-refractivity contribution in [1.29, 1.82) is 0 Å². The molecule has 138 valence electrons. The van der Waals surface area contributed by atoms with E-state index in [9.17, 15) is 21.6 Å². The summed E-state index contributed by atoms with van der Waals surface area (Å²) in [5, 5.41) is 0. The summed E-state index contributed by atoms with van der Waals surface area (Å²) < 4.78 is 60.8. The van der Waals surface area contributed by atoms with Gasteiger partial charge >= 0.3 is 26.8 Å². The smallest absolute Gasteiger partial charge is 0.323 e. The van der Waals surface area contributed by atoms with E-state index in [1.807, 2.05) is 0 Å². The van der Waals surface area contributed by atoms with Crippen LogP contribution < -0.4 is 0 Å². The zero-order valence-corrected chi connectivity index (χ0v) is 14.7. The number of rotatable bonds is 14. The van der Waals surface area contributed by atoms with Crippen molar-refractivity contribution in [3.8, 4) is 0 Å². The van der Waals surface area contributed by atoms with Crippen LogP contribution in [0.5, 0.6) is 0 Å². The minimum Gasteiger partial charge on any atom is -0.323 e. The van der Waals surface area contributed by atoms with Gasteiger partial charge in [0.25, 0.3) is 0 Å². The molecule has 0 saturated carbocycles. The molecule has 0 aliphatic heterocycles. The summed E-state index contributed by atoms with van der Waals surface area (Å²) in [7, 11) is -10.1. The van der Waals surface area contributed by atoms with Gasteiger partial charge in [-0.25, -0.2) is 0 Å². The second-order valence-corrected chi connectivity index (χ2v) is 7.12. The second-order valence-electron chi connectivity index (χ2n) is 5.01. The van der Waals surface area contributed by atoms with Crippen LogP contribution >= 0.6 is 0 Å². The van der Waals surface area contributed by atoms with Crippen molar-refractivity contribution in [2.75, 3.05) is 0 Å². The Balaban J connectivity index is 3.70. The summed E-state index contributed by atoms with van der Waals surface area (Å²) in [5.74, 6) is -1.09. The van der Waals surface area contributed by atoms with Crippen molar-refractivity contribution < 1.29 is 39.0 Å². The summed E-state index contributed by atoms with van der Waals surface area (Å²) >= 11 is 0. The lowest BCUT2D eigenvalue weighted by atomic mass is 10.1. The standard InChI is InChI=1S/C12H24O9S2/c1-2-3-4-5-6-7-8-9-10-11-12(13)19-23(17,18)21-20-22(14,15)16/h2-11H2,1H3,(H,14,15,16). The normalized spacial score (nSPS) is 12.3. The molecule has 0 amide bonds. The van der Waals surface area contributed by atoms with Gasteiger partial charge in [-0.05, 0) is 6.42 Å². The molecule has 0 fully saturated rings. The molecule has 0 radical (unpaired) electrons. The maximum absolute atomic E-state index is 11.2. The third-order valence-electron chi connectivity index (χ3n) is 2.88. The zero-order chi connectivity index (χ0) is 17.8. The Morgan fingerprint density at radius 1 is 0.826 bits per heavy atom. The molecule has 9 nitrogen and oxygen atoms in total. The highest BCUT2D eigenvalue weighted by molar-refractivity contribution is 7.83. The number of unbranched alkanes of at least 4 members (excludes halogenated alkanes) is 8. The fraction of sp³-hybridized carbons (Fsp3) is 0.917. The van der Waals surface area contributed by atoms with E-state index >= 15 is 0 Å². The van der Waals surface area contributed by atoms with Crippen molar-refractivity contribution in [2.24, 2.45) is 0 Å². The lowest BCUT2D eigenvalue weighted by molar-refractivity contribution is -0.142. The van der Waals surface area contributed by atoms with Gasteiger partial charge < -0.3 is 4.18 Å². The average molecular weight is 376 g/mol. The van der Waals surface area contributed by atoms with Crippen LogP contribution in [0.1, 0.15) is 71.1 Å². The number of carbonyl (C=O) groups is 1. The van der Waals surface area contributed by atoms with Gasteiger partial charge in [0, 0.05) is 6.42 Å². The molecular weight excluding hydrogens is 352 g/mol. The Labute approximate surface area is 137 Å². The van der Waals surface area contributed by atoms with Crippen molar-refractivity contribution in [1.82, 2.24) is 0 Å². The van der Waals surface area contributed by atoms with Gasteiger partial charge in [-0.2, -0.15) is 16.8 Å². The van der Waals surface area contributed by atoms with Gasteiger partial charge in [0.15, 0.2) is 0 Å². The van der Waals surface area contributed by atoms with Crippen LogP contribution in [0, 0.1) is 0 Å². The molecule has 0 aromatic rings. The molecule has 0 aliphatic rings. The van der Waals surface area contributed by atoms with E-state index in [1.165, 1.54) is 25.7 Å². The first-order valence-corrected chi connectivity index (χ1v) is 10.2. The maximum atomic E-state index is 11.2. The third kappa shape index (κ3) is 15.9. The van der Waals surface area contributed by atoms with Crippen LogP contribution in [-0.2, 0) is 38.4 Å². The zero-order valence-electron chi connectivity index (χ0n) is 13.1. The SMILES string of the molecule is CCCCCCCCCCCC(=O)OS(=O)(=O)OOS(=O)(=O)O. The summed E-state index contributed by atoms with van der Waals surface area (Å²) in [4.78, 5) is 11.2. The maximum Gasteiger partial charge on any atom is 0.480 e. The molecular formula is C12H24O9S2. The van der Waals surface area contributed by atoms with Crippen molar-refractivity contribution >= 4 is 26.8 Å². The van der Waals surface area contributed by atoms with Gasteiger partial charge in [0.1, 0.15) is 0 Å². The topological polar surface area (TPSA) is 133 Å². The van der Waals surface area contributed by atoms with Crippen LogP contribution in [0.4, 0.5) is 0 Å². The second kappa shape index (κ2) is 11.7. The molecule has 0 unspecified atom stereocenters. The van der Waals surface area contributed by atoms with E-state index in [2.05, 4.69) is 19.8 Å². The predicted molar refractivity (Wildman–Crippen MR) is 80.6 cm³/mol. The highest BCUT2D eigenvalue weighted by atomic mass is 32.3. The summed E-state index contributed by atoms with van der Waals surface area (Å²) in [6, 6.07) is 0. The fourth-order valence-corrected chi connectivity index (χ4v) is 2.71. The molecule has 0 bridgehead atoms. The monoisotopic (exact) mass is 376 g/mol. The molecule has 0 rings (SSSR count). The van der Waals surface area contributed by atoms with Gasteiger partial charge in [-0.15, -0.1) is 0 Å². The summed E-state index contributed by atoms with van der Waals surface area (Å²) in [5.41, 5.74) is 0. The fourth-order valence-electron chi connectivity index (χ4n) is 1.82. The lowest BCUT2D eigenvalue weighted by Crippen LogP contribution is -2.18. The number of carbonyl (C=O) groups excluding carboxylic acids is 1. The van der Waals surface area contributed by atoms with Crippen LogP contribution in [0.2, 0.25) is 0 Å². The Hall–Kier alpha value is -0.750. The molecule has 0 spiro atoms. The molecule has 11 heteroatoms. The molecule has 0 saturated heterocycles. The quantitative estimate of drug-likeness (QED) is 0.210. The van der Waals surface area contributed by atoms with Gasteiger partial charge in [-0.3, -0.25) is 9.35 Å². The van der Waals surface area contributed by atoms with Gasteiger partial charge in [-0.1, -0.05) is 67.0 Å². The largest absolute Gasteiger partial charge is 0.480 e. The molecule has 0 heterocycles. The number of hydrogen-bond acceptors (Lipinski definition) is 8. The average Bonchev–Trinajstić information content (AvgIpc) is 2.42.